The first-order valence-corrected chi connectivity index (χ1v) is 13.5. The Morgan fingerprint density at radius 3 is 2.61 bits per heavy atom. The molecule has 4 rings (SSSR count). The fourth-order valence-corrected chi connectivity index (χ4v) is 7.38. The first kappa shape index (κ1) is 26.6. The fraction of sp³-hybridized carbons (Fsp3) is 0.690. The van der Waals surface area contributed by atoms with Crippen LogP contribution in [-0.4, -0.2) is 60.3 Å². The van der Waals surface area contributed by atoms with Crippen molar-refractivity contribution in [1.29, 1.82) is 5.26 Å². The zero-order valence-electron chi connectivity index (χ0n) is 22.1. The van der Waals surface area contributed by atoms with E-state index in [1.165, 1.54) is 0 Å². The van der Waals surface area contributed by atoms with Crippen LogP contribution >= 0.6 is 0 Å². The summed E-state index contributed by atoms with van der Waals surface area (Å²) in [5.41, 5.74) is 1.06. The molecule has 196 valence electrons. The summed E-state index contributed by atoms with van der Waals surface area (Å²) in [6.45, 7) is 7.72. The van der Waals surface area contributed by atoms with Gasteiger partial charge in [0.2, 0.25) is 5.91 Å². The number of carbonyl (C=O) groups excluding carboxylic acids is 2. The van der Waals surface area contributed by atoms with Crippen molar-refractivity contribution in [3.63, 3.8) is 0 Å². The number of hydrogen-bond donors (Lipinski definition) is 2. The molecule has 0 bridgehead atoms. The maximum absolute atomic E-state index is 13.5. The van der Waals surface area contributed by atoms with Crippen LogP contribution in [0.1, 0.15) is 75.2 Å². The Labute approximate surface area is 215 Å². The van der Waals surface area contributed by atoms with Crippen molar-refractivity contribution < 1.29 is 19.4 Å². The molecule has 0 aromatic heterocycles. The fourth-order valence-electron chi connectivity index (χ4n) is 7.38. The van der Waals surface area contributed by atoms with E-state index in [-0.39, 0.29) is 53.0 Å². The highest BCUT2D eigenvalue weighted by Crippen LogP contribution is 2.55. The molecule has 0 spiro atoms. The lowest BCUT2D eigenvalue weighted by Gasteiger charge is -2.56. The lowest BCUT2D eigenvalue weighted by atomic mass is 9.51. The molecule has 2 amide bonds. The van der Waals surface area contributed by atoms with Crippen molar-refractivity contribution in [3.05, 3.63) is 35.4 Å². The van der Waals surface area contributed by atoms with E-state index in [4.69, 9.17) is 10.00 Å². The lowest BCUT2D eigenvalue weighted by Crippen LogP contribution is -2.58. The van der Waals surface area contributed by atoms with E-state index < -0.39 is 6.10 Å². The quantitative estimate of drug-likeness (QED) is 0.626. The zero-order chi connectivity index (χ0) is 26.0. The summed E-state index contributed by atoms with van der Waals surface area (Å²) >= 11 is 0. The minimum atomic E-state index is -0.587. The number of aliphatic hydroxyl groups excluding tert-OH is 1. The number of fused-ring (bicyclic) bond motifs is 1. The van der Waals surface area contributed by atoms with Gasteiger partial charge in [0.1, 0.15) is 0 Å². The van der Waals surface area contributed by atoms with Gasteiger partial charge in [-0.2, -0.15) is 5.26 Å². The first-order valence-electron chi connectivity index (χ1n) is 13.5. The summed E-state index contributed by atoms with van der Waals surface area (Å²) in [4.78, 5) is 28.4. The Kier molecular flexibility index (Phi) is 8.06. The topological polar surface area (TPSA) is 103 Å². The number of nitrogens with zero attached hydrogens (tertiary/aromatic N) is 2. The first-order chi connectivity index (χ1) is 17.2. The van der Waals surface area contributed by atoms with Gasteiger partial charge in [-0.1, -0.05) is 20.8 Å². The van der Waals surface area contributed by atoms with E-state index in [1.807, 2.05) is 11.8 Å². The number of likely N-dealkylation sites (tertiary alicyclic amines) is 1. The van der Waals surface area contributed by atoms with Crippen LogP contribution in [0.5, 0.6) is 0 Å². The van der Waals surface area contributed by atoms with Gasteiger partial charge in [-0.3, -0.25) is 9.59 Å². The largest absolute Gasteiger partial charge is 0.392 e. The third kappa shape index (κ3) is 5.03. The Hall–Kier alpha value is -2.43. The number of rotatable bonds is 6. The number of nitriles is 1. The van der Waals surface area contributed by atoms with Crippen molar-refractivity contribution in [3.8, 4) is 6.07 Å². The van der Waals surface area contributed by atoms with E-state index in [2.05, 4.69) is 25.2 Å². The smallest absolute Gasteiger partial charge is 0.251 e. The van der Waals surface area contributed by atoms with E-state index >= 15 is 0 Å². The Bertz CT molecular complexity index is 989. The monoisotopic (exact) mass is 495 g/mol. The number of aliphatic hydroxyl groups is 1. The van der Waals surface area contributed by atoms with E-state index in [0.29, 0.717) is 17.7 Å². The summed E-state index contributed by atoms with van der Waals surface area (Å²) in [5.74, 6) is -0.253. The van der Waals surface area contributed by atoms with Crippen LogP contribution < -0.4 is 5.32 Å². The predicted octanol–water partition coefficient (Wildman–Crippen LogP) is 3.75. The van der Waals surface area contributed by atoms with Gasteiger partial charge in [-0.25, -0.2) is 0 Å². The average Bonchev–Trinajstić information content (AvgIpc) is 3.33. The highest BCUT2D eigenvalue weighted by atomic mass is 16.5. The molecular weight excluding hydrogens is 454 g/mol. The molecule has 3 fully saturated rings. The molecule has 1 aromatic carbocycles. The van der Waals surface area contributed by atoms with Gasteiger partial charge in [0.25, 0.3) is 5.91 Å². The van der Waals surface area contributed by atoms with Gasteiger partial charge >= 0.3 is 0 Å². The SMILES string of the molecule is COCC1CCCN1C(=O)C(C)C1CCC2(C)CCC(NC(=O)c3ccc(C#N)cc3)C(C)C2C1O. The van der Waals surface area contributed by atoms with Crippen LogP contribution in [0.2, 0.25) is 0 Å². The van der Waals surface area contributed by atoms with Crippen molar-refractivity contribution in [1.82, 2.24) is 10.2 Å². The van der Waals surface area contributed by atoms with Crippen molar-refractivity contribution >= 4 is 11.8 Å². The summed E-state index contributed by atoms with van der Waals surface area (Å²) < 4.78 is 5.35. The van der Waals surface area contributed by atoms with Crippen molar-refractivity contribution in [2.75, 3.05) is 20.3 Å². The minimum absolute atomic E-state index is 0.00000240. The molecule has 1 aliphatic heterocycles. The summed E-state index contributed by atoms with van der Waals surface area (Å²) in [7, 11) is 1.68. The van der Waals surface area contributed by atoms with Crippen LogP contribution in [-0.2, 0) is 9.53 Å². The minimum Gasteiger partial charge on any atom is -0.392 e. The molecule has 0 radical (unpaired) electrons. The maximum Gasteiger partial charge on any atom is 0.251 e. The molecule has 1 heterocycles. The predicted molar refractivity (Wildman–Crippen MR) is 137 cm³/mol. The molecular formula is C29H41N3O4. The maximum atomic E-state index is 13.5. The van der Waals surface area contributed by atoms with E-state index in [0.717, 1.165) is 45.1 Å². The van der Waals surface area contributed by atoms with Crippen molar-refractivity contribution in [2.24, 2.45) is 29.1 Å². The molecule has 7 nitrogen and oxygen atoms in total. The van der Waals surface area contributed by atoms with Gasteiger partial charge in [-0.15, -0.1) is 0 Å². The van der Waals surface area contributed by atoms with Gasteiger partial charge in [-0.05, 0) is 86.0 Å². The number of amides is 2. The highest BCUT2D eigenvalue weighted by molar-refractivity contribution is 5.94. The van der Waals surface area contributed by atoms with Crippen LogP contribution in [0, 0.1) is 40.4 Å². The molecule has 8 unspecified atom stereocenters. The van der Waals surface area contributed by atoms with Crippen LogP contribution in [0.15, 0.2) is 24.3 Å². The second-order valence-electron chi connectivity index (χ2n) is 11.6. The standard InChI is InChI=1S/C29H41N3O4/c1-18(28(35)32-15-5-6-22(32)17-36-4)23-11-13-29(3)14-12-24(19(2)25(29)26(23)33)31-27(34)21-9-7-20(16-30)8-10-21/h7-10,18-19,22-26,33H,5-6,11-15,17H2,1-4H3,(H,31,34). The molecule has 2 aliphatic carbocycles. The molecule has 2 saturated carbocycles. The number of carbonyl (C=O) groups is 2. The van der Waals surface area contributed by atoms with Gasteiger partial charge in [0.05, 0.1) is 30.4 Å². The van der Waals surface area contributed by atoms with Gasteiger partial charge in [0.15, 0.2) is 0 Å². The second kappa shape index (κ2) is 10.9. The zero-order valence-corrected chi connectivity index (χ0v) is 22.1. The molecule has 36 heavy (non-hydrogen) atoms. The molecule has 2 N–H and O–H groups in total. The lowest BCUT2D eigenvalue weighted by molar-refractivity contribution is -0.151. The summed E-state index contributed by atoms with van der Waals surface area (Å²) in [6.07, 6.45) is 5.02. The molecule has 7 heteroatoms. The van der Waals surface area contributed by atoms with Crippen molar-refractivity contribution in [2.45, 2.75) is 77.5 Å². The van der Waals surface area contributed by atoms with Crippen LogP contribution in [0.25, 0.3) is 0 Å². The molecule has 1 aromatic rings. The third-order valence-corrected chi connectivity index (χ3v) is 9.53. The number of benzene rings is 1. The van der Waals surface area contributed by atoms with Crippen LogP contribution in [0.4, 0.5) is 0 Å². The second-order valence-corrected chi connectivity index (χ2v) is 11.6. The normalized spacial score (nSPS) is 34.9. The average molecular weight is 496 g/mol. The Morgan fingerprint density at radius 1 is 1.25 bits per heavy atom. The summed E-state index contributed by atoms with van der Waals surface area (Å²) in [6, 6.07) is 8.83. The number of nitrogens with one attached hydrogen (secondary N) is 1. The summed E-state index contributed by atoms with van der Waals surface area (Å²) in [5, 5.41) is 23.9. The molecule has 3 aliphatic rings. The number of methoxy groups -OCH3 is 1. The molecule has 1 saturated heterocycles. The van der Waals surface area contributed by atoms with E-state index in [9.17, 15) is 14.7 Å². The number of hydrogen-bond acceptors (Lipinski definition) is 5. The highest BCUT2D eigenvalue weighted by Gasteiger charge is 2.54. The Balaban J connectivity index is 1.46. The van der Waals surface area contributed by atoms with Gasteiger partial charge in [0, 0.05) is 31.2 Å². The Morgan fingerprint density at radius 2 is 1.94 bits per heavy atom. The third-order valence-electron chi connectivity index (χ3n) is 9.53. The molecule has 8 atom stereocenters. The van der Waals surface area contributed by atoms with E-state index in [1.54, 1.807) is 31.4 Å². The number of ether oxygens (including phenoxy) is 1. The van der Waals surface area contributed by atoms with Crippen LogP contribution in [0.3, 0.4) is 0 Å². The van der Waals surface area contributed by atoms with Gasteiger partial charge < -0.3 is 20.1 Å².